The van der Waals surface area contributed by atoms with E-state index in [2.05, 4.69) is 25.0 Å². The Labute approximate surface area is 156 Å². The SMILES string of the molecule is Cc1ccc(-c2nc(CN3CCCC(c4nncn4C4CC4)C3)cs2)o1. The van der Waals surface area contributed by atoms with E-state index in [4.69, 9.17) is 9.40 Å². The first-order valence-corrected chi connectivity index (χ1v) is 10.3. The Bertz CT molecular complexity index is 893. The molecule has 0 aromatic carbocycles. The summed E-state index contributed by atoms with van der Waals surface area (Å²) in [6, 6.07) is 4.63. The average Bonchev–Trinajstić information content (AvgIpc) is 3.04. The highest BCUT2D eigenvalue weighted by atomic mass is 32.1. The molecule has 1 atom stereocenters. The Hall–Kier alpha value is -1.99. The van der Waals surface area contributed by atoms with Gasteiger partial charge in [-0.1, -0.05) is 0 Å². The van der Waals surface area contributed by atoms with E-state index in [1.807, 2.05) is 25.4 Å². The van der Waals surface area contributed by atoms with Gasteiger partial charge < -0.3 is 8.98 Å². The zero-order chi connectivity index (χ0) is 17.5. The van der Waals surface area contributed by atoms with E-state index in [1.165, 1.54) is 31.5 Å². The first-order valence-electron chi connectivity index (χ1n) is 9.39. The molecule has 1 aliphatic heterocycles. The van der Waals surface area contributed by atoms with E-state index in [9.17, 15) is 0 Å². The van der Waals surface area contributed by atoms with E-state index in [1.54, 1.807) is 11.3 Å². The van der Waals surface area contributed by atoms with Crippen LogP contribution in [0.4, 0.5) is 0 Å². The number of rotatable bonds is 5. The normalized spacial score (nSPS) is 21.3. The van der Waals surface area contributed by atoms with Crippen LogP contribution in [0.1, 0.15) is 54.9 Å². The first kappa shape index (κ1) is 16.2. The third kappa shape index (κ3) is 3.21. The fraction of sp³-hybridized carbons (Fsp3) is 0.526. The van der Waals surface area contributed by atoms with Crippen LogP contribution in [-0.4, -0.2) is 37.7 Å². The molecule has 0 N–H and O–H groups in total. The molecule has 7 heteroatoms. The molecule has 136 valence electrons. The van der Waals surface area contributed by atoms with E-state index in [0.29, 0.717) is 12.0 Å². The molecule has 6 nitrogen and oxygen atoms in total. The quantitative estimate of drug-likeness (QED) is 0.680. The van der Waals surface area contributed by atoms with E-state index >= 15 is 0 Å². The highest BCUT2D eigenvalue weighted by Gasteiger charge is 2.31. The number of hydrogen-bond donors (Lipinski definition) is 0. The van der Waals surface area contributed by atoms with Crippen molar-refractivity contribution >= 4 is 11.3 Å². The van der Waals surface area contributed by atoms with Gasteiger partial charge in [-0.25, -0.2) is 4.98 Å². The van der Waals surface area contributed by atoms with Crippen LogP contribution >= 0.6 is 11.3 Å². The molecular weight excluding hydrogens is 346 g/mol. The minimum atomic E-state index is 0.484. The van der Waals surface area contributed by atoms with Gasteiger partial charge in [-0.15, -0.1) is 21.5 Å². The van der Waals surface area contributed by atoms with Crippen molar-refractivity contribution in [3.05, 3.63) is 41.1 Å². The van der Waals surface area contributed by atoms with Gasteiger partial charge in [-0.3, -0.25) is 4.90 Å². The van der Waals surface area contributed by atoms with Crippen LogP contribution in [0.3, 0.4) is 0 Å². The second-order valence-electron chi connectivity index (χ2n) is 7.46. The second-order valence-corrected chi connectivity index (χ2v) is 8.31. The number of piperidine rings is 1. The molecule has 1 aliphatic carbocycles. The van der Waals surface area contributed by atoms with Crippen LogP contribution in [0.2, 0.25) is 0 Å². The fourth-order valence-electron chi connectivity index (χ4n) is 3.86. The van der Waals surface area contributed by atoms with Crippen molar-refractivity contribution in [2.45, 2.75) is 51.1 Å². The lowest BCUT2D eigenvalue weighted by molar-refractivity contribution is 0.193. The molecule has 1 saturated carbocycles. The van der Waals surface area contributed by atoms with Crippen LogP contribution in [0, 0.1) is 6.92 Å². The number of nitrogens with zero attached hydrogens (tertiary/aromatic N) is 5. The number of aromatic nitrogens is 4. The van der Waals surface area contributed by atoms with Crippen molar-refractivity contribution in [2.75, 3.05) is 13.1 Å². The Morgan fingerprint density at radius 1 is 1.27 bits per heavy atom. The Kier molecular flexibility index (Phi) is 4.13. The van der Waals surface area contributed by atoms with Crippen LogP contribution in [0.25, 0.3) is 10.8 Å². The maximum atomic E-state index is 5.70. The topological polar surface area (TPSA) is 60.0 Å². The van der Waals surface area contributed by atoms with Crippen molar-refractivity contribution in [1.82, 2.24) is 24.6 Å². The predicted molar refractivity (Wildman–Crippen MR) is 100 cm³/mol. The standard InChI is InChI=1S/C19H23N5OS/c1-13-4-7-17(25-13)19-21-15(11-26-19)10-23-8-2-3-14(9-23)18-22-20-12-24(18)16-5-6-16/h4,7,11-12,14,16H,2-3,5-6,8-10H2,1H3. The van der Waals surface area contributed by atoms with Gasteiger partial charge in [0.25, 0.3) is 0 Å². The van der Waals surface area contributed by atoms with Gasteiger partial charge in [0.05, 0.1) is 5.69 Å². The summed E-state index contributed by atoms with van der Waals surface area (Å²) in [5.41, 5.74) is 1.13. The molecular formula is C19H23N5OS. The summed E-state index contributed by atoms with van der Waals surface area (Å²) in [5.74, 6) is 3.46. The van der Waals surface area contributed by atoms with Crippen LogP contribution in [0.5, 0.6) is 0 Å². The summed E-state index contributed by atoms with van der Waals surface area (Å²) in [5, 5.41) is 11.8. The molecule has 0 radical (unpaired) electrons. The van der Waals surface area contributed by atoms with E-state index in [-0.39, 0.29) is 0 Å². The van der Waals surface area contributed by atoms with Crippen LogP contribution in [0.15, 0.2) is 28.3 Å². The zero-order valence-corrected chi connectivity index (χ0v) is 15.8. The molecule has 3 aromatic heterocycles. The van der Waals surface area contributed by atoms with Crippen LogP contribution in [-0.2, 0) is 6.54 Å². The lowest BCUT2D eigenvalue weighted by Crippen LogP contribution is -2.35. The minimum absolute atomic E-state index is 0.484. The van der Waals surface area contributed by atoms with E-state index in [0.717, 1.165) is 41.9 Å². The number of thiazole rings is 1. The molecule has 3 aromatic rings. The van der Waals surface area contributed by atoms with Crippen molar-refractivity contribution in [3.63, 3.8) is 0 Å². The number of likely N-dealkylation sites (tertiary alicyclic amines) is 1. The first-order chi connectivity index (χ1) is 12.8. The van der Waals surface area contributed by atoms with Gasteiger partial charge in [0, 0.05) is 30.4 Å². The Morgan fingerprint density at radius 3 is 3.00 bits per heavy atom. The fourth-order valence-corrected chi connectivity index (χ4v) is 4.63. The molecule has 2 fully saturated rings. The van der Waals surface area contributed by atoms with Gasteiger partial charge in [-0.05, 0) is 51.3 Å². The smallest absolute Gasteiger partial charge is 0.162 e. The van der Waals surface area contributed by atoms with E-state index < -0.39 is 0 Å². The minimum Gasteiger partial charge on any atom is -0.459 e. The maximum Gasteiger partial charge on any atom is 0.162 e. The van der Waals surface area contributed by atoms with Crippen molar-refractivity contribution in [1.29, 1.82) is 0 Å². The molecule has 4 heterocycles. The monoisotopic (exact) mass is 369 g/mol. The summed E-state index contributed by atoms with van der Waals surface area (Å²) in [6.45, 7) is 5.02. The highest BCUT2D eigenvalue weighted by molar-refractivity contribution is 7.13. The molecule has 1 unspecified atom stereocenters. The van der Waals surface area contributed by atoms with Crippen molar-refractivity contribution in [2.24, 2.45) is 0 Å². The lowest BCUT2D eigenvalue weighted by Gasteiger charge is -2.31. The van der Waals surface area contributed by atoms with Crippen LogP contribution < -0.4 is 0 Å². The second kappa shape index (κ2) is 6.63. The third-order valence-corrected chi connectivity index (χ3v) is 6.21. The zero-order valence-electron chi connectivity index (χ0n) is 15.0. The van der Waals surface area contributed by atoms with Gasteiger partial charge in [0.2, 0.25) is 0 Å². The molecule has 0 bridgehead atoms. The summed E-state index contributed by atoms with van der Waals surface area (Å²) in [4.78, 5) is 7.29. The largest absolute Gasteiger partial charge is 0.459 e. The summed E-state index contributed by atoms with van der Waals surface area (Å²) in [7, 11) is 0. The molecule has 1 saturated heterocycles. The van der Waals surface area contributed by atoms with Gasteiger partial charge in [0.15, 0.2) is 10.8 Å². The highest BCUT2D eigenvalue weighted by Crippen LogP contribution is 2.38. The maximum absolute atomic E-state index is 5.70. The Morgan fingerprint density at radius 2 is 2.19 bits per heavy atom. The Balaban J connectivity index is 1.27. The van der Waals surface area contributed by atoms with Crippen molar-refractivity contribution < 1.29 is 4.42 Å². The lowest BCUT2D eigenvalue weighted by atomic mass is 9.97. The molecule has 26 heavy (non-hydrogen) atoms. The molecule has 2 aliphatic rings. The van der Waals surface area contributed by atoms with Gasteiger partial charge in [-0.2, -0.15) is 0 Å². The summed E-state index contributed by atoms with van der Waals surface area (Å²) >= 11 is 1.66. The molecule has 0 amide bonds. The number of aryl methyl sites for hydroxylation is 1. The number of furan rings is 1. The third-order valence-electron chi connectivity index (χ3n) is 5.30. The average molecular weight is 369 g/mol. The number of hydrogen-bond acceptors (Lipinski definition) is 6. The molecule has 5 rings (SSSR count). The summed E-state index contributed by atoms with van der Waals surface area (Å²) < 4.78 is 8.01. The molecule has 0 spiro atoms. The van der Waals surface area contributed by atoms with Gasteiger partial charge in [0.1, 0.15) is 17.9 Å². The summed E-state index contributed by atoms with van der Waals surface area (Å²) in [6.07, 6.45) is 6.88. The predicted octanol–water partition coefficient (Wildman–Crippen LogP) is 4.02. The van der Waals surface area contributed by atoms with Crippen molar-refractivity contribution in [3.8, 4) is 10.8 Å². The van der Waals surface area contributed by atoms with Gasteiger partial charge >= 0.3 is 0 Å².